The van der Waals surface area contributed by atoms with Crippen LogP contribution >= 0.6 is 36.0 Å². The summed E-state index contributed by atoms with van der Waals surface area (Å²) in [6.45, 7) is 7.28. The van der Waals surface area contributed by atoms with Gasteiger partial charge in [-0.2, -0.15) is 4.53 Å². The first-order valence-corrected chi connectivity index (χ1v) is 9.44. The number of hydrogen-bond acceptors (Lipinski definition) is 4. The molecular weight excluding hydrogens is 435 g/mol. The van der Waals surface area contributed by atoms with Gasteiger partial charge >= 0.3 is 0 Å². The third kappa shape index (κ3) is 6.34. The normalized spacial score (nSPS) is 11.0. The zero-order chi connectivity index (χ0) is 21.1. The quantitative estimate of drug-likeness (QED) is 0.300. The van der Waals surface area contributed by atoms with E-state index in [1.165, 1.54) is 7.11 Å². The van der Waals surface area contributed by atoms with Crippen LogP contribution in [0.25, 0.3) is 0 Å². The van der Waals surface area contributed by atoms with Crippen molar-refractivity contribution in [3.8, 4) is 5.75 Å². The number of Topliss-reactive ketones (excluding diaryl/α,β-unsaturated/α-hetero) is 1. The second-order valence-corrected chi connectivity index (χ2v) is 7.99. The highest BCUT2D eigenvalue weighted by Gasteiger charge is 2.35. The molecule has 0 aliphatic carbocycles. The Labute approximate surface area is 188 Å². The number of benzene rings is 2. The second-order valence-electron chi connectivity index (χ2n) is 7.35. The van der Waals surface area contributed by atoms with Crippen LogP contribution in [0.3, 0.4) is 0 Å². The Morgan fingerprint density at radius 1 is 1.00 bits per heavy atom. The molecule has 0 heterocycles. The average molecular weight is 460 g/mol. The van der Waals surface area contributed by atoms with Crippen LogP contribution in [0.15, 0.2) is 42.5 Å². The highest BCUT2D eigenvalue weighted by Crippen LogP contribution is 2.29. The lowest BCUT2D eigenvalue weighted by molar-refractivity contribution is 0.0374. The summed E-state index contributed by atoms with van der Waals surface area (Å²) in [5.74, 6) is -0.0146. The van der Waals surface area contributed by atoms with Gasteiger partial charge in [-0.25, -0.2) is 0 Å². The largest absolute Gasteiger partial charge is 0.497 e. The summed E-state index contributed by atoms with van der Waals surface area (Å²) >= 11 is 12.6. The van der Waals surface area contributed by atoms with Crippen molar-refractivity contribution in [3.63, 3.8) is 0 Å². The summed E-state index contributed by atoms with van der Waals surface area (Å²) in [7, 11) is 1.54. The van der Waals surface area contributed by atoms with Crippen molar-refractivity contribution in [1.29, 1.82) is 0 Å². The smallest absolute Gasteiger partial charge is 0.284 e. The number of hydrazine groups is 1. The first-order valence-electron chi connectivity index (χ1n) is 8.77. The van der Waals surface area contributed by atoms with Gasteiger partial charge in [-0.05, 0) is 52.0 Å². The number of carbonyl (C=O) groups is 2. The molecule has 1 amide bonds. The van der Waals surface area contributed by atoms with Gasteiger partial charge in [0.25, 0.3) is 5.91 Å². The Morgan fingerprint density at radius 3 is 2.14 bits per heavy atom. The molecule has 0 bridgehead atoms. The summed E-state index contributed by atoms with van der Waals surface area (Å²) in [6, 6.07) is 12.3. The Hall–Kier alpha value is -1.79. The van der Waals surface area contributed by atoms with E-state index in [2.05, 4.69) is 0 Å². The predicted molar refractivity (Wildman–Crippen MR) is 119 cm³/mol. The van der Waals surface area contributed by atoms with Crippen molar-refractivity contribution in [2.24, 2.45) is 0 Å². The molecule has 29 heavy (non-hydrogen) atoms. The van der Waals surface area contributed by atoms with Gasteiger partial charge in [0, 0.05) is 41.1 Å². The van der Waals surface area contributed by atoms with Gasteiger partial charge in [0.15, 0.2) is 5.78 Å². The number of carbonyl (C=O) groups excluding carboxylic acids is 2. The molecule has 0 saturated carbocycles. The fraction of sp³-hybridized carbons (Fsp3) is 0.333. The van der Waals surface area contributed by atoms with E-state index in [0.717, 1.165) is 20.2 Å². The minimum atomic E-state index is -0.919. The molecule has 0 aliphatic heterocycles. The van der Waals surface area contributed by atoms with Gasteiger partial charge in [-0.15, -0.1) is 16.9 Å². The van der Waals surface area contributed by atoms with Crippen molar-refractivity contribution in [1.82, 2.24) is 9.06 Å². The van der Waals surface area contributed by atoms with Crippen LogP contribution in [0.4, 0.5) is 0 Å². The third-order valence-corrected chi connectivity index (χ3v) is 5.27. The van der Waals surface area contributed by atoms with Crippen molar-refractivity contribution in [2.45, 2.75) is 39.7 Å². The van der Waals surface area contributed by atoms with Crippen molar-refractivity contribution < 1.29 is 14.3 Å². The molecule has 0 saturated heterocycles. The van der Waals surface area contributed by atoms with Crippen LogP contribution in [-0.4, -0.2) is 33.4 Å². The lowest BCUT2D eigenvalue weighted by Crippen LogP contribution is -2.48. The highest BCUT2D eigenvalue weighted by atomic mass is 35.5. The number of ether oxygens (including phenoxy) is 1. The average Bonchev–Trinajstić information content (AvgIpc) is 2.65. The number of methoxy groups -OCH3 is 1. The van der Waals surface area contributed by atoms with E-state index >= 15 is 0 Å². The van der Waals surface area contributed by atoms with E-state index in [9.17, 15) is 9.59 Å². The van der Waals surface area contributed by atoms with E-state index in [4.69, 9.17) is 28.3 Å². The number of aryl methyl sites for hydroxylation is 2. The lowest BCUT2D eigenvalue weighted by atomic mass is 9.95. The summed E-state index contributed by atoms with van der Waals surface area (Å²) in [6.07, 6.45) is 0.0486. The molecule has 0 aliphatic rings. The third-order valence-electron chi connectivity index (χ3n) is 4.27. The molecule has 2 rings (SSSR count). The molecule has 0 fully saturated rings. The SMILES string of the molecule is COc1cccc(C(=O)CC(C)(C)N(Cl)N(Cl)C(=O)c2cc(C)cc(C)c2)c1.Cl. The van der Waals surface area contributed by atoms with Crippen LogP contribution in [0.5, 0.6) is 5.75 Å². The van der Waals surface area contributed by atoms with Gasteiger partial charge in [0.05, 0.1) is 12.6 Å². The van der Waals surface area contributed by atoms with Crippen LogP contribution in [0, 0.1) is 13.8 Å². The summed E-state index contributed by atoms with van der Waals surface area (Å²) < 4.78 is 7.03. The maximum Gasteiger partial charge on any atom is 0.284 e. The Bertz CT molecular complexity index is 867. The van der Waals surface area contributed by atoms with Crippen molar-refractivity contribution >= 4 is 47.7 Å². The molecule has 2 aromatic carbocycles. The molecule has 0 aromatic heterocycles. The molecule has 0 radical (unpaired) electrons. The molecule has 8 heteroatoms. The predicted octanol–water partition coefficient (Wildman–Crippen LogP) is 5.75. The van der Waals surface area contributed by atoms with E-state index < -0.39 is 11.4 Å². The van der Waals surface area contributed by atoms with Crippen LogP contribution in [0.2, 0.25) is 0 Å². The number of amides is 1. The van der Waals surface area contributed by atoms with Crippen LogP contribution in [0.1, 0.15) is 52.1 Å². The van der Waals surface area contributed by atoms with Gasteiger partial charge in [0.1, 0.15) is 5.75 Å². The molecule has 0 unspecified atom stereocenters. The monoisotopic (exact) mass is 458 g/mol. The fourth-order valence-corrected chi connectivity index (χ4v) is 3.31. The van der Waals surface area contributed by atoms with Gasteiger partial charge in [-0.3, -0.25) is 9.59 Å². The van der Waals surface area contributed by atoms with E-state index in [0.29, 0.717) is 16.9 Å². The molecule has 0 N–H and O–H groups in total. The Balaban J connectivity index is 0.00000420. The summed E-state index contributed by atoms with van der Waals surface area (Å²) in [5.41, 5.74) is 1.90. The van der Waals surface area contributed by atoms with Crippen molar-refractivity contribution in [3.05, 3.63) is 64.7 Å². The van der Waals surface area contributed by atoms with Gasteiger partial charge in [-0.1, -0.05) is 29.3 Å². The first-order chi connectivity index (χ1) is 13.0. The van der Waals surface area contributed by atoms with E-state index in [1.807, 2.05) is 19.9 Å². The Morgan fingerprint density at radius 2 is 1.59 bits per heavy atom. The van der Waals surface area contributed by atoms with E-state index in [-0.39, 0.29) is 24.6 Å². The molecule has 158 valence electrons. The second kappa shape index (κ2) is 10.3. The maximum absolute atomic E-state index is 12.7. The number of hydrogen-bond donors (Lipinski definition) is 0. The van der Waals surface area contributed by atoms with E-state index in [1.54, 1.807) is 50.2 Å². The summed E-state index contributed by atoms with van der Waals surface area (Å²) in [4.78, 5) is 25.4. The van der Waals surface area contributed by atoms with Crippen molar-refractivity contribution in [2.75, 3.05) is 7.11 Å². The van der Waals surface area contributed by atoms with Crippen LogP contribution < -0.4 is 4.74 Å². The molecule has 0 spiro atoms. The topological polar surface area (TPSA) is 49.9 Å². The van der Waals surface area contributed by atoms with Gasteiger partial charge in [0.2, 0.25) is 0 Å². The lowest BCUT2D eigenvalue weighted by Gasteiger charge is -2.36. The standard InChI is InChI=1S/C21H24Cl2N2O3.ClH/c1-14-9-15(2)11-17(10-14)20(27)24(22)25(23)21(3,4)13-19(26)16-7-6-8-18(12-16)28-5;/h6-12H,13H2,1-5H3;1H. The first kappa shape index (κ1) is 25.2. The zero-order valence-electron chi connectivity index (χ0n) is 17.0. The number of halogens is 3. The molecule has 2 aromatic rings. The number of rotatable bonds is 7. The molecule has 5 nitrogen and oxygen atoms in total. The Kier molecular flexibility index (Phi) is 8.97. The van der Waals surface area contributed by atoms with Gasteiger partial charge < -0.3 is 4.74 Å². The molecular formula is C21H25Cl3N2O3. The zero-order valence-corrected chi connectivity index (χ0v) is 19.4. The minimum Gasteiger partial charge on any atom is -0.497 e. The molecule has 0 atom stereocenters. The highest BCUT2D eigenvalue weighted by molar-refractivity contribution is 6.27. The minimum absolute atomic E-state index is 0. The maximum atomic E-state index is 12.7. The fourth-order valence-electron chi connectivity index (χ4n) is 2.88. The van der Waals surface area contributed by atoms with Crippen LogP contribution in [-0.2, 0) is 0 Å². The number of ketones is 1. The summed E-state index contributed by atoms with van der Waals surface area (Å²) in [5, 5.41) is 0. The number of nitrogens with zero attached hydrogens (tertiary/aromatic N) is 2.